The molecular formula is C14H12ClFN2O. The molecule has 3 N–H and O–H groups in total. The second-order valence-electron chi connectivity index (χ2n) is 4.15. The fourth-order valence-electron chi connectivity index (χ4n) is 1.63. The molecule has 0 saturated heterocycles. The Bertz CT molecular complexity index is 643. The predicted octanol–water partition coefficient (Wildman–Crippen LogP) is 3.62. The van der Waals surface area contributed by atoms with E-state index in [4.69, 9.17) is 17.3 Å². The molecule has 0 bridgehead atoms. The Morgan fingerprint density at radius 1 is 1.26 bits per heavy atom. The molecule has 1 amide bonds. The van der Waals surface area contributed by atoms with Gasteiger partial charge in [0.2, 0.25) is 0 Å². The van der Waals surface area contributed by atoms with Gasteiger partial charge >= 0.3 is 0 Å². The molecule has 0 atom stereocenters. The zero-order valence-corrected chi connectivity index (χ0v) is 11.0. The highest BCUT2D eigenvalue weighted by atomic mass is 35.5. The molecule has 19 heavy (non-hydrogen) atoms. The molecular weight excluding hydrogens is 267 g/mol. The summed E-state index contributed by atoms with van der Waals surface area (Å²) in [6.45, 7) is 1.82. The third-order valence-electron chi connectivity index (χ3n) is 2.69. The second-order valence-corrected chi connectivity index (χ2v) is 4.59. The van der Waals surface area contributed by atoms with Crippen LogP contribution in [0.5, 0.6) is 0 Å². The fourth-order valence-corrected chi connectivity index (χ4v) is 1.81. The van der Waals surface area contributed by atoms with Crippen molar-refractivity contribution in [3.63, 3.8) is 0 Å². The zero-order chi connectivity index (χ0) is 14.0. The lowest BCUT2D eigenvalue weighted by molar-refractivity contribution is 0.102. The summed E-state index contributed by atoms with van der Waals surface area (Å²) in [5.41, 5.74) is 7.04. The third-order valence-corrected chi connectivity index (χ3v) is 2.92. The van der Waals surface area contributed by atoms with Gasteiger partial charge in [-0.15, -0.1) is 0 Å². The molecule has 98 valence electrons. The maximum absolute atomic E-state index is 13.6. The Hall–Kier alpha value is -2.07. The Morgan fingerprint density at radius 2 is 2.00 bits per heavy atom. The average Bonchev–Trinajstić information content (AvgIpc) is 2.33. The van der Waals surface area contributed by atoms with Gasteiger partial charge in [0.1, 0.15) is 5.82 Å². The maximum atomic E-state index is 13.6. The molecule has 0 heterocycles. The quantitative estimate of drug-likeness (QED) is 0.824. The van der Waals surface area contributed by atoms with E-state index in [1.165, 1.54) is 12.1 Å². The number of amides is 1. The van der Waals surface area contributed by atoms with Gasteiger partial charge in [0, 0.05) is 16.4 Å². The van der Waals surface area contributed by atoms with Crippen LogP contribution in [0.2, 0.25) is 5.02 Å². The number of aryl methyl sites for hydroxylation is 1. The Morgan fingerprint density at radius 3 is 2.68 bits per heavy atom. The molecule has 2 rings (SSSR count). The van der Waals surface area contributed by atoms with Crippen LogP contribution in [0.3, 0.4) is 0 Å². The standard InChI is InChI=1S/C14H12ClFN2O/c1-8-2-3-9(15)6-13(8)18-14(19)11-5-4-10(17)7-12(11)16/h2-7H,17H2,1H3,(H,18,19). The summed E-state index contributed by atoms with van der Waals surface area (Å²) in [4.78, 5) is 12.0. The van der Waals surface area contributed by atoms with Crippen molar-refractivity contribution in [3.8, 4) is 0 Å². The number of benzene rings is 2. The number of hydrogen-bond donors (Lipinski definition) is 2. The molecule has 5 heteroatoms. The van der Waals surface area contributed by atoms with Gasteiger partial charge in [0.05, 0.1) is 5.56 Å². The molecule has 0 fully saturated rings. The molecule has 0 spiro atoms. The summed E-state index contributed by atoms with van der Waals surface area (Å²) in [6.07, 6.45) is 0. The summed E-state index contributed by atoms with van der Waals surface area (Å²) in [5.74, 6) is -1.19. The lowest BCUT2D eigenvalue weighted by atomic mass is 10.1. The topological polar surface area (TPSA) is 55.1 Å². The Balaban J connectivity index is 2.28. The van der Waals surface area contributed by atoms with E-state index in [1.807, 2.05) is 6.92 Å². The average molecular weight is 279 g/mol. The smallest absolute Gasteiger partial charge is 0.258 e. The van der Waals surface area contributed by atoms with E-state index in [9.17, 15) is 9.18 Å². The number of anilines is 2. The molecule has 0 aliphatic carbocycles. The SMILES string of the molecule is Cc1ccc(Cl)cc1NC(=O)c1ccc(N)cc1F. The minimum absolute atomic E-state index is 0.0615. The van der Waals surface area contributed by atoms with Gasteiger partial charge in [-0.1, -0.05) is 17.7 Å². The summed E-state index contributed by atoms with van der Waals surface area (Å²) >= 11 is 5.86. The highest BCUT2D eigenvalue weighted by molar-refractivity contribution is 6.31. The van der Waals surface area contributed by atoms with Gasteiger partial charge in [-0.25, -0.2) is 4.39 Å². The van der Waals surface area contributed by atoms with Crippen molar-refractivity contribution in [2.45, 2.75) is 6.92 Å². The Labute approximate surface area is 115 Å². The van der Waals surface area contributed by atoms with Crippen LogP contribution in [0.4, 0.5) is 15.8 Å². The van der Waals surface area contributed by atoms with E-state index in [0.29, 0.717) is 10.7 Å². The van der Waals surface area contributed by atoms with E-state index in [0.717, 1.165) is 11.6 Å². The van der Waals surface area contributed by atoms with Gasteiger partial charge in [0.15, 0.2) is 0 Å². The van der Waals surface area contributed by atoms with E-state index in [-0.39, 0.29) is 11.3 Å². The van der Waals surface area contributed by atoms with Gasteiger partial charge in [-0.05, 0) is 42.8 Å². The van der Waals surface area contributed by atoms with Crippen molar-refractivity contribution >= 4 is 28.9 Å². The minimum atomic E-state index is -0.655. The first kappa shape index (κ1) is 13.4. The highest BCUT2D eigenvalue weighted by Crippen LogP contribution is 2.21. The van der Waals surface area contributed by atoms with E-state index >= 15 is 0 Å². The molecule has 2 aromatic carbocycles. The number of nitrogens with one attached hydrogen (secondary N) is 1. The number of carbonyl (C=O) groups excluding carboxylic acids is 1. The summed E-state index contributed by atoms with van der Waals surface area (Å²) in [5, 5.41) is 3.12. The molecule has 0 aliphatic rings. The van der Waals surface area contributed by atoms with Crippen molar-refractivity contribution in [2.24, 2.45) is 0 Å². The van der Waals surface area contributed by atoms with E-state index in [2.05, 4.69) is 5.32 Å². The minimum Gasteiger partial charge on any atom is -0.399 e. The molecule has 0 aliphatic heterocycles. The molecule has 2 aromatic rings. The first-order valence-electron chi connectivity index (χ1n) is 5.60. The van der Waals surface area contributed by atoms with Crippen molar-refractivity contribution < 1.29 is 9.18 Å². The van der Waals surface area contributed by atoms with Crippen molar-refractivity contribution in [1.29, 1.82) is 0 Å². The fraction of sp³-hybridized carbons (Fsp3) is 0.0714. The molecule has 3 nitrogen and oxygen atoms in total. The number of nitrogens with two attached hydrogens (primary N) is 1. The predicted molar refractivity (Wildman–Crippen MR) is 75.0 cm³/mol. The number of rotatable bonds is 2. The van der Waals surface area contributed by atoms with Crippen molar-refractivity contribution in [2.75, 3.05) is 11.1 Å². The molecule has 0 aromatic heterocycles. The van der Waals surface area contributed by atoms with Gasteiger partial charge in [0.25, 0.3) is 5.91 Å². The van der Waals surface area contributed by atoms with Crippen molar-refractivity contribution in [3.05, 3.63) is 58.4 Å². The third kappa shape index (κ3) is 3.03. The van der Waals surface area contributed by atoms with Crippen LogP contribution in [0, 0.1) is 12.7 Å². The first-order valence-corrected chi connectivity index (χ1v) is 5.97. The van der Waals surface area contributed by atoms with E-state index < -0.39 is 11.7 Å². The van der Waals surface area contributed by atoms with Crippen LogP contribution in [-0.4, -0.2) is 5.91 Å². The Kier molecular flexibility index (Phi) is 3.71. The lowest BCUT2D eigenvalue weighted by Gasteiger charge is -2.09. The maximum Gasteiger partial charge on any atom is 0.258 e. The van der Waals surface area contributed by atoms with Crippen LogP contribution in [0.25, 0.3) is 0 Å². The first-order chi connectivity index (χ1) is 8.97. The summed E-state index contributed by atoms with van der Waals surface area (Å²) in [7, 11) is 0. The monoisotopic (exact) mass is 278 g/mol. The number of carbonyl (C=O) groups is 1. The second kappa shape index (κ2) is 5.28. The van der Waals surface area contributed by atoms with Gasteiger partial charge < -0.3 is 11.1 Å². The van der Waals surface area contributed by atoms with Crippen LogP contribution in [0.15, 0.2) is 36.4 Å². The largest absolute Gasteiger partial charge is 0.399 e. The van der Waals surface area contributed by atoms with E-state index in [1.54, 1.807) is 18.2 Å². The normalized spacial score (nSPS) is 10.3. The van der Waals surface area contributed by atoms with Crippen LogP contribution < -0.4 is 11.1 Å². The number of hydrogen-bond acceptors (Lipinski definition) is 2. The van der Waals surface area contributed by atoms with Crippen LogP contribution >= 0.6 is 11.6 Å². The van der Waals surface area contributed by atoms with Crippen molar-refractivity contribution in [1.82, 2.24) is 0 Å². The van der Waals surface area contributed by atoms with Gasteiger partial charge in [-0.3, -0.25) is 4.79 Å². The summed E-state index contributed by atoms with van der Waals surface area (Å²) < 4.78 is 13.6. The number of nitrogen functional groups attached to an aromatic ring is 1. The molecule has 0 saturated carbocycles. The van der Waals surface area contributed by atoms with Crippen LogP contribution in [0.1, 0.15) is 15.9 Å². The zero-order valence-electron chi connectivity index (χ0n) is 10.2. The molecule has 0 unspecified atom stereocenters. The lowest BCUT2D eigenvalue weighted by Crippen LogP contribution is -2.14. The summed E-state index contributed by atoms with van der Waals surface area (Å²) in [6, 6.07) is 9.04. The van der Waals surface area contributed by atoms with Crippen LogP contribution in [-0.2, 0) is 0 Å². The van der Waals surface area contributed by atoms with Gasteiger partial charge in [-0.2, -0.15) is 0 Å². The number of halogens is 2. The molecule has 0 radical (unpaired) electrons. The highest BCUT2D eigenvalue weighted by Gasteiger charge is 2.13.